The minimum atomic E-state index is -0.845. The molecule has 0 fully saturated rings. The topological polar surface area (TPSA) is 45.5 Å². The van der Waals surface area contributed by atoms with Crippen LogP contribution in [0.4, 0.5) is 4.79 Å². The first kappa shape index (κ1) is 9.27. The third-order valence-electron chi connectivity index (χ3n) is 3.11. The summed E-state index contributed by atoms with van der Waals surface area (Å²) < 4.78 is 2.13. The lowest BCUT2D eigenvalue weighted by Crippen LogP contribution is -2.30. The van der Waals surface area contributed by atoms with Crippen LogP contribution >= 0.6 is 0 Å². The number of benzene rings is 1. The predicted octanol–water partition coefficient (Wildman–Crippen LogP) is 2.13. The number of nitrogens with zero attached hydrogens (tertiary/aromatic N) is 2. The van der Waals surface area contributed by atoms with Gasteiger partial charge in [0.25, 0.3) is 0 Å². The molecule has 1 aliphatic rings. The van der Waals surface area contributed by atoms with Crippen LogP contribution in [-0.2, 0) is 13.1 Å². The van der Waals surface area contributed by atoms with Crippen molar-refractivity contribution in [1.29, 1.82) is 0 Å². The molecule has 16 heavy (non-hydrogen) atoms. The molecule has 2 aromatic rings. The summed E-state index contributed by atoms with van der Waals surface area (Å²) in [6.45, 7) is 1.76. The Bertz CT molecular complexity index is 559. The van der Waals surface area contributed by atoms with Crippen LogP contribution in [0.15, 0.2) is 30.5 Å². The Hall–Kier alpha value is -1.97. The highest BCUT2D eigenvalue weighted by Crippen LogP contribution is 2.24. The van der Waals surface area contributed by atoms with Crippen molar-refractivity contribution in [2.75, 3.05) is 6.54 Å². The second-order valence-corrected chi connectivity index (χ2v) is 4.07. The fourth-order valence-electron chi connectivity index (χ4n) is 2.33. The van der Waals surface area contributed by atoms with Crippen LogP contribution in [0.5, 0.6) is 0 Å². The molecule has 2 heterocycles. The number of para-hydroxylation sites is 1. The first-order valence-electron chi connectivity index (χ1n) is 5.30. The molecule has 0 saturated carbocycles. The maximum atomic E-state index is 11.0. The summed E-state index contributed by atoms with van der Waals surface area (Å²) in [5.74, 6) is 0. The van der Waals surface area contributed by atoms with Gasteiger partial charge in [-0.25, -0.2) is 4.79 Å². The number of carbonyl (C=O) groups is 1. The summed E-state index contributed by atoms with van der Waals surface area (Å²) in [7, 11) is 0. The number of hydrogen-bond acceptors (Lipinski definition) is 1. The average molecular weight is 216 g/mol. The van der Waals surface area contributed by atoms with Gasteiger partial charge in [0.2, 0.25) is 0 Å². The van der Waals surface area contributed by atoms with E-state index in [2.05, 4.69) is 16.7 Å². The Labute approximate surface area is 92.7 Å². The van der Waals surface area contributed by atoms with Crippen molar-refractivity contribution in [3.05, 3.63) is 36.0 Å². The lowest BCUT2D eigenvalue weighted by atomic mass is 10.1. The van der Waals surface area contributed by atoms with Crippen LogP contribution in [0.25, 0.3) is 10.9 Å². The molecule has 0 saturated heterocycles. The summed E-state index contributed by atoms with van der Waals surface area (Å²) in [6.07, 6.45) is 1.18. The van der Waals surface area contributed by atoms with Crippen molar-refractivity contribution >= 4 is 17.0 Å². The highest BCUT2D eigenvalue weighted by Gasteiger charge is 2.18. The van der Waals surface area contributed by atoms with E-state index in [1.54, 1.807) is 0 Å². The maximum absolute atomic E-state index is 11.0. The van der Waals surface area contributed by atoms with E-state index in [-0.39, 0.29) is 0 Å². The second kappa shape index (κ2) is 3.27. The van der Waals surface area contributed by atoms with Crippen molar-refractivity contribution < 1.29 is 9.90 Å². The van der Waals surface area contributed by atoms with Crippen molar-refractivity contribution in [3.8, 4) is 0 Å². The second-order valence-electron chi connectivity index (χ2n) is 4.07. The van der Waals surface area contributed by atoms with E-state index in [9.17, 15) is 4.79 Å². The first-order valence-corrected chi connectivity index (χ1v) is 5.30. The summed E-state index contributed by atoms with van der Waals surface area (Å²) >= 11 is 0. The van der Waals surface area contributed by atoms with E-state index in [0.717, 1.165) is 12.1 Å². The van der Waals surface area contributed by atoms with Gasteiger partial charge >= 0.3 is 6.09 Å². The van der Waals surface area contributed by atoms with Crippen LogP contribution in [0.1, 0.15) is 5.56 Å². The van der Waals surface area contributed by atoms with Gasteiger partial charge in [-0.15, -0.1) is 0 Å². The molecule has 1 aromatic heterocycles. The Morgan fingerprint density at radius 1 is 1.25 bits per heavy atom. The number of carboxylic acid groups (broad SMARTS) is 1. The molecule has 1 aliphatic heterocycles. The number of amides is 1. The fraction of sp³-hybridized carbons (Fsp3) is 0.250. The zero-order chi connectivity index (χ0) is 11.1. The first-order chi connectivity index (χ1) is 7.75. The Morgan fingerprint density at radius 3 is 2.94 bits per heavy atom. The van der Waals surface area contributed by atoms with Gasteiger partial charge < -0.3 is 14.6 Å². The third kappa shape index (κ3) is 1.26. The van der Waals surface area contributed by atoms with E-state index >= 15 is 0 Å². The molecule has 0 unspecified atom stereocenters. The van der Waals surface area contributed by atoms with Crippen molar-refractivity contribution in [3.63, 3.8) is 0 Å². The standard InChI is InChI=1S/C12H12N2O2/c15-12(16)14-7-6-13-5-4-9-2-1-3-10(8-14)11(9)13/h1-5H,6-8H2,(H,15,16). The predicted molar refractivity (Wildman–Crippen MR) is 60.4 cm³/mol. The van der Waals surface area contributed by atoms with E-state index in [1.165, 1.54) is 15.8 Å². The minimum absolute atomic E-state index is 0.483. The van der Waals surface area contributed by atoms with Gasteiger partial charge in [0.1, 0.15) is 0 Å². The van der Waals surface area contributed by atoms with Gasteiger partial charge in [0.15, 0.2) is 0 Å². The molecule has 0 radical (unpaired) electrons. The Morgan fingerprint density at radius 2 is 2.12 bits per heavy atom. The van der Waals surface area contributed by atoms with Crippen LogP contribution in [0.3, 0.4) is 0 Å². The zero-order valence-electron chi connectivity index (χ0n) is 8.76. The number of rotatable bonds is 0. The van der Waals surface area contributed by atoms with Crippen molar-refractivity contribution in [1.82, 2.24) is 9.47 Å². The third-order valence-corrected chi connectivity index (χ3v) is 3.11. The van der Waals surface area contributed by atoms with Crippen LogP contribution < -0.4 is 0 Å². The molecule has 0 aliphatic carbocycles. The Kier molecular flexibility index (Phi) is 1.89. The summed E-state index contributed by atoms with van der Waals surface area (Å²) in [5.41, 5.74) is 2.26. The van der Waals surface area contributed by atoms with E-state index < -0.39 is 6.09 Å². The normalized spacial score (nSPS) is 15.1. The highest BCUT2D eigenvalue weighted by molar-refractivity contribution is 5.84. The number of aromatic nitrogens is 1. The molecule has 1 N–H and O–H groups in total. The van der Waals surface area contributed by atoms with E-state index in [1.807, 2.05) is 18.3 Å². The van der Waals surface area contributed by atoms with Gasteiger partial charge in [0, 0.05) is 19.3 Å². The van der Waals surface area contributed by atoms with E-state index in [4.69, 9.17) is 5.11 Å². The summed E-state index contributed by atoms with van der Waals surface area (Å²) in [5, 5.41) is 10.2. The molecular formula is C12H12N2O2. The van der Waals surface area contributed by atoms with Crippen LogP contribution in [0, 0.1) is 0 Å². The monoisotopic (exact) mass is 216 g/mol. The molecule has 3 rings (SSSR count). The molecule has 1 amide bonds. The highest BCUT2D eigenvalue weighted by atomic mass is 16.4. The molecule has 4 heteroatoms. The molecule has 0 spiro atoms. The Balaban J connectivity index is 2.16. The molecule has 0 bridgehead atoms. The SMILES string of the molecule is O=C(O)N1CCn2ccc3cccc(c32)C1. The average Bonchev–Trinajstić information content (AvgIpc) is 2.57. The largest absolute Gasteiger partial charge is 0.465 e. The van der Waals surface area contributed by atoms with E-state index in [0.29, 0.717) is 13.1 Å². The van der Waals surface area contributed by atoms with Gasteiger partial charge in [-0.3, -0.25) is 0 Å². The molecule has 82 valence electrons. The smallest absolute Gasteiger partial charge is 0.407 e. The van der Waals surface area contributed by atoms with Gasteiger partial charge in [-0.05, 0) is 17.0 Å². The van der Waals surface area contributed by atoms with Crippen molar-refractivity contribution in [2.45, 2.75) is 13.1 Å². The van der Waals surface area contributed by atoms with Gasteiger partial charge in [-0.2, -0.15) is 0 Å². The zero-order valence-corrected chi connectivity index (χ0v) is 8.76. The molecule has 0 atom stereocenters. The van der Waals surface area contributed by atoms with Gasteiger partial charge in [0.05, 0.1) is 12.1 Å². The minimum Gasteiger partial charge on any atom is -0.465 e. The molecule has 1 aromatic carbocycles. The quantitative estimate of drug-likeness (QED) is 0.733. The fourth-order valence-corrected chi connectivity index (χ4v) is 2.33. The van der Waals surface area contributed by atoms with Crippen LogP contribution in [0.2, 0.25) is 0 Å². The maximum Gasteiger partial charge on any atom is 0.407 e. The van der Waals surface area contributed by atoms with Crippen LogP contribution in [-0.4, -0.2) is 27.2 Å². The summed E-state index contributed by atoms with van der Waals surface area (Å²) in [4.78, 5) is 12.5. The molecular weight excluding hydrogens is 204 g/mol. The number of hydrogen-bond donors (Lipinski definition) is 1. The lowest BCUT2D eigenvalue weighted by Gasteiger charge is -2.16. The lowest BCUT2D eigenvalue weighted by molar-refractivity contribution is 0.142. The van der Waals surface area contributed by atoms with Crippen molar-refractivity contribution in [2.24, 2.45) is 0 Å². The molecule has 4 nitrogen and oxygen atoms in total. The summed E-state index contributed by atoms with van der Waals surface area (Å²) in [6, 6.07) is 8.12. The van der Waals surface area contributed by atoms with Gasteiger partial charge in [-0.1, -0.05) is 18.2 Å².